The SMILES string of the molecule is O=C(O)CCS.O=C([O-])CC[S-].[CH2]C(C)C.[CH2]C(C)C.[Sn+2]. The van der Waals surface area contributed by atoms with E-state index in [1.165, 1.54) is 0 Å². The summed E-state index contributed by atoms with van der Waals surface area (Å²) in [6.07, 6.45) is 0.151. The van der Waals surface area contributed by atoms with E-state index in [1.807, 2.05) is 0 Å². The molecule has 0 saturated heterocycles. The average Bonchev–Trinajstić information content (AvgIpc) is 2.15. The fourth-order valence-corrected chi connectivity index (χ4v) is 0.537. The number of hydrogen-bond donors (Lipinski definition) is 2. The summed E-state index contributed by atoms with van der Waals surface area (Å²) < 4.78 is 0. The van der Waals surface area contributed by atoms with Crippen LogP contribution in [0, 0.1) is 25.7 Å². The smallest absolute Gasteiger partial charge is 0.792 e. The monoisotopic (exact) mass is 444 g/mol. The third-order valence-corrected chi connectivity index (χ3v) is 1.06. The summed E-state index contributed by atoms with van der Waals surface area (Å²) in [5.41, 5.74) is 0. The Morgan fingerprint density at radius 2 is 1.43 bits per heavy atom. The van der Waals surface area contributed by atoms with Gasteiger partial charge in [-0.05, 0) is 18.3 Å². The van der Waals surface area contributed by atoms with E-state index >= 15 is 0 Å². The molecule has 0 atom stereocenters. The predicted octanol–water partition coefficient (Wildman–Crippen LogP) is 1.64. The van der Waals surface area contributed by atoms with Crippen LogP contribution in [0.4, 0.5) is 0 Å². The van der Waals surface area contributed by atoms with Gasteiger partial charge in [0.25, 0.3) is 0 Å². The fourth-order valence-electron chi connectivity index (χ4n) is 0.179. The summed E-state index contributed by atoms with van der Waals surface area (Å²) in [6, 6.07) is 0. The second-order valence-corrected chi connectivity index (χ2v) is 5.34. The van der Waals surface area contributed by atoms with Gasteiger partial charge in [0.15, 0.2) is 0 Å². The van der Waals surface area contributed by atoms with Crippen LogP contribution in [0.5, 0.6) is 0 Å². The first-order chi connectivity index (χ1) is 9.00. The number of aliphatic carboxylic acids is 2. The van der Waals surface area contributed by atoms with Crippen molar-refractivity contribution >= 4 is 61.1 Å². The van der Waals surface area contributed by atoms with E-state index in [0.717, 1.165) is 0 Å². The number of thiol groups is 1. The summed E-state index contributed by atoms with van der Waals surface area (Å²) in [7, 11) is 0. The Hall–Kier alpha value is 0.439. The number of carboxylic acid groups (broad SMARTS) is 2. The van der Waals surface area contributed by atoms with Gasteiger partial charge in [-0.3, -0.25) is 4.79 Å². The van der Waals surface area contributed by atoms with Crippen molar-refractivity contribution in [3.05, 3.63) is 13.8 Å². The minimum Gasteiger partial charge on any atom is -0.792 e. The molecule has 4 nitrogen and oxygen atoms in total. The first-order valence-electron chi connectivity index (χ1n) is 6.27. The molecule has 0 aliphatic carbocycles. The molecule has 0 aromatic carbocycles. The fraction of sp³-hybridized carbons (Fsp3) is 0.714. The van der Waals surface area contributed by atoms with Crippen molar-refractivity contribution < 1.29 is 19.8 Å². The molecule has 7 heteroatoms. The summed E-state index contributed by atoms with van der Waals surface area (Å²) in [6.45, 7) is 15.5. The molecular weight excluding hydrogens is 415 g/mol. The van der Waals surface area contributed by atoms with Crippen LogP contribution in [0.3, 0.4) is 0 Å². The van der Waals surface area contributed by atoms with Gasteiger partial charge in [0, 0.05) is 11.7 Å². The minimum absolute atomic E-state index is 0. The molecule has 0 aromatic heterocycles. The van der Waals surface area contributed by atoms with E-state index in [9.17, 15) is 14.7 Å². The van der Waals surface area contributed by atoms with E-state index < -0.39 is 11.9 Å². The van der Waals surface area contributed by atoms with E-state index in [-0.39, 0.29) is 42.5 Å². The van der Waals surface area contributed by atoms with E-state index in [1.54, 1.807) is 0 Å². The number of hydrogen-bond acceptors (Lipinski definition) is 5. The molecule has 0 aliphatic rings. The maximum atomic E-state index is 9.55. The summed E-state index contributed by atoms with van der Waals surface area (Å²) in [5.74, 6) is -0.00694. The summed E-state index contributed by atoms with van der Waals surface area (Å²) in [5, 5.41) is 17.3. The molecule has 0 bridgehead atoms. The molecule has 21 heavy (non-hydrogen) atoms. The first-order valence-corrected chi connectivity index (χ1v) is 7.48. The molecule has 0 aromatic rings. The second kappa shape index (κ2) is 28.6. The van der Waals surface area contributed by atoms with E-state index in [0.29, 0.717) is 17.6 Å². The van der Waals surface area contributed by atoms with Gasteiger partial charge in [-0.2, -0.15) is 18.4 Å². The van der Waals surface area contributed by atoms with Crippen molar-refractivity contribution in [1.82, 2.24) is 0 Å². The Labute approximate surface area is 158 Å². The molecule has 0 amide bonds. The van der Waals surface area contributed by atoms with Crippen molar-refractivity contribution in [2.45, 2.75) is 40.5 Å². The molecule has 4 radical (unpaired) electrons. The van der Waals surface area contributed by atoms with Crippen LogP contribution in [-0.2, 0) is 22.2 Å². The largest absolute Gasteiger partial charge is 2.00 e. The molecule has 0 heterocycles. The zero-order chi connectivity index (χ0) is 17.1. The van der Waals surface area contributed by atoms with E-state index in [2.05, 4.69) is 66.8 Å². The maximum absolute atomic E-state index is 9.55. The number of carbonyl (C=O) groups excluding carboxylic acids is 1. The maximum Gasteiger partial charge on any atom is 2.00 e. The summed E-state index contributed by atoms with van der Waals surface area (Å²) in [4.78, 5) is 19.0. The van der Waals surface area contributed by atoms with E-state index in [4.69, 9.17) is 5.11 Å². The second-order valence-electron chi connectivity index (χ2n) is 4.48. The van der Waals surface area contributed by atoms with Crippen LogP contribution in [0.15, 0.2) is 0 Å². The van der Waals surface area contributed by atoms with Crippen molar-refractivity contribution in [1.29, 1.82) is 0 Å². The Balaban J connectivity index is -0.0000000544. The Bertz CT molecular complexity index is 186. The van der Waals surface area contributed by atoms with Gasteiger partial charge in [0.2, 0.25) is 0 Å². The van der Waals surface area contributed by atoms with Gasteiger partial charge in [-0.25, -0.2) is 0 Å². The van der Waals surface area contributed by atoms with Gasteiger partial charge < -0.3 is 27.6 Å². The van der Waals surface area contributed by atoms with Crippen LogP contribution in [0.2, 0.25) is 0 Å². The molecule has 0 rings (SSSR count). The van der Waals surface area contributed by atoms with Crippen molar-refractivity contribution in [2.75, 3.05) is 11.5 Å². The molecule has 0 saturated carbocycles. The molecule has 0 fully saturated rings. The van der Waals surface area contributed by atoms with Crippen molar-refractivity contribution in [3.8, 4) is 0 Å². The Morgan fingerprint density at radius 3 is 1.43 bits per heavy atom. The third-order valence-electron chi connectivity index (χ3n) is 0.632. The number of carboxylic acids is 2. The van der Waals surface area contributed by atoms with Crippen LogP contribution in [0.25, 0.3) is 0 Å². The van der Waals surface area contributed by atoms with Gasteiger partial charge in [0.05, 0.1) is 6.42 Å². The normalized spacial score (nSPS) is 8.10. The average molecular weight is 443 g/mol. The van der Waals surface area contributed by atoms with Gasteiger partial charge in [-0.15, -0.1) is 0 Å². The van der Waals surface area contributed by atoms with Crippen LogP contribution in [0.1, 0.15) is 40.5 Å². The number of rotatable bonds is 4. The molecular formula is C14H28O4S2Sn. The van der Waals surface area contributed by atoms with Crippen molar-refractivity contribution in [2.24, 2.45) is 11.8 Å². The van der Waals surface area contributed by atoms with Crippen molar-refractivity contribution in [3.63, 3.8) is 0 Å². The minimum atomic E-state index is -1.06. The first kappa shape index (κ1) is 33.1. The molecule has 0 spiro atoms. The van der Waals surface area contributed by atoms with Crippen LogP contribution in [-0.4, -0.2) is 52.5 Å². The van der Waals surface area contributed by atoms with Crippen LogP contribution >= 0.6 is 12.6 Å². The quantitative estimate of drug-likeness (QED) is 0.393. The zero-order valence-electron chi connectivity index (χ0n) is 13.4. The topological polar surface area (TPSA) is 77.4 Å². The molecule has 0 unspecified atom stereocenters. The third kappa shape index (κ3) is 168. The van der Waals surface area contributed by atoms with Gasteiger partial charge in [0.1, 0.15) is 0 Å². The standard InChI is InChI=1S/2C4H9.2C3H6O2S.Sn/c2*1-4(2)3;2*4-3(5)1-2-6;/h2*4H,1H2,2-3H3;2*6H,1-2H2,(H,4,5);/q;;;;+2/p-2. The molecule has 0 aliphatic heterocycles. The van der Waals surface area contributed by atoms with Gasteiger partial charge in [-0.1, -0.05) is 41.5 Å². The van der Waals surface area contributed by atoms with Crippen LogP contribution < -0.4 is 5.11 Å². The Kier molecular flexibility index (Phi) is 45.1. The summed E-state index contributed by atoms with van der Waals surface area (Å²) >= 11 is 7.99. The Morgan fingerprint density at radius 1 is 1.14 bits per heavy atom. The number of carbonyl (C=O) groups is 2. The van der Waals surface area contributed by atoms with Gasteiger partial charge >= 0.3 is 29.9 Å². The molecule has 1 N–H and O–H groups in total. The zero-order valence-corrected chi connectivity index (χ0v) is 18.0. The predicted molar refractivity (Wildman–Crippen MR) is 94.1 cm³/mol. The molecule has 124 valence electrons.